The van der Waals surface area contributed by atoms with Crippen LogP contribution in [-0.2, 0) is 6.54 Å². The summed E-state index contributed by atoms with van der Waals surface area (Å²) in [5.41, 5.74) is 3.26. The van der Waals surface area contributed by atoms with Gasteiger partial charge in [-0.25, -0.2) is 0 Å². The SMILES string of the molecule is CC(C)NCc1cccc(C2CCN(C(=O)c3ccccc3B(O)O)CC2)c1. The monoisotopic (exact) mass is 380 g/mol. The molecule has 0 aromatic heterocycles. The Morgan fingerprint density at radius 3 is 2.54 bits per heavy atom. The highest BCUT2D eigenvalue weighted by Crippen LogP contribution is 2.29. The van der Waals surface area contributed by atoms with Crippen LogP contribution in [0.4, 0.5) is 0 Å². The molecule has 3 rings (SSSR count). The van der Waals surface area contributed by atoms with Crippen molar-refractivity contribution >= 4 is 18.5 Å². The van der Waals surface area contributed by atoms with Gasteiger partial charge in [0.05, 0.1) is 0 Å². The topological polar surface area (TPSA) is 72.8 Å². The first-order valence-electron chi connectivity index (χ1n) is 10.0. The minimum Gasteiger partial charge on any atom is -0.423 e. The predicted molar refractivity (Wildman–Crippen MR) is 113 cm³/mol. The van der Waals surface area contributed by atoms with Crippen LogP contribution in [0.5, 0.6) is 0 Å². The van der Waals surface area contributed by atoms with E-state index in [9.17, 15) is 14.8 Å². The second kappa shape index (κ2) is 9.37. The van der Waals surface area contributed by atoms with Crippen LogP contribution in [0.3, 0.4) is 0 Å². The Labute approximate surface area is 167 Å². The molecule has 0 radical (unpaired) electrons. The van der Waals surface area contributed by atoms with Crippen molar-refractivity contribution in [2.75, 3.05) is 13.1 Å². The van der Waals surface area contributed by atoms with Crippen molar-refractivity contribution in [1.82, 2.24) is 10.2 Å². The van der Waals surface area contributed by atoms with Gasteiger partial charge >= 0.3 is 7.12 Å². The minimum absolute atomic E-state index is 0.128. The van der Waals surface area contributed by atoms with Gasteiger partial charge in [0.1, 0.15) is 0 Å². The number of benzene rings is 2. The third kappa shape index (κ3) is 5.01. The molecule has 1 heterocycles. The lowest BCUT2D eigenvalue weighted by molar-refractivity contribution is 0.0714. The first kappa shape index (κ1) is 20.6. The van der Waals surface area contributed by atoms with Crippen LogP contribution in [0.15, 0.2) is 48.5 Å². The molecule has 2 aromatic rings. The van der Waals surface area contributed by atoms with Gasteiger partial charge in [-0.05, 0) is 41.4 Å². The molecule has 6 heteroatoms. The number of nitrogens with one attached hydrogen (secondary N) is 1. The zero-order valence-corrected chi connectivity index (χ0v) is 16.6. The molecule has 1 fully saturated rings. The van der Waals surface area contributed by atoms with E-state index in [0.29, 0.717) is 30.6 Å². The second-order valence-electron chi connectivity index (χ2n) is 7.81. The maximum Gasteiger partial charge on any atom is 0.489 e. The van der Waals surface area contributed by atoms with Crippen LogP contribution >= 0.6 is 0 Å². The van der Waals surface area contributed by atoms with Crippen LogP contribution in [0.2, 0.25) is 0 Å². The molecule has 1 aliphatic heterocycles. The first-order chi connectivity index (χ1) is 13.5. The number of likely N-dealkylation sites (tertiary alicyclic amines) is 1. The summed E-state index contributed by atoms with van der Waals surface area (Å²) in [6.45, 7) is 6.50. The first-order valence-corrected chi connectivity index (χ1v) is 10.0. The maximum absolute atomic E-state index is 12.9. The van der Waals surface area contributed by atoms with E-state index in [-0.39, 0.29) is 11.4 Å². The van der Waals surface area contributed by atoms with Crippen LogP contribution in [0.25, 0.3) is 0 Å². The van der Waals surface area contributed by atoms with Gasteiger partial charge in [-0.2, -0.15) is 0 Å². The molecule has 2 aromatic carbocycles. The fourth-order valence-corrected chi connectivity index (χ4v) is 3.78. The Hall–Kier alpha value is -2.15. The van der Waals surface area contributed by atoms with Crippen LogP contribution in [0.1, 0.15) is 54.1 Å². The Morgan fingerprint density at radius 2 is 1.86 bits per heavy atom. The van der Waals surface area contributed by atoms with E-state index >= 15 is 0 Å². The van der Waals surface area contributed by atoms with Crippen molar-refractivity contribution in [2.24, 2.45) is 0 Å². The Balaban J connectivity index is 1.63. The summed E-state index contributed by atoms with van der Waals surface area (Å²) in [6, 6.07) is 15.9. The molecule has 1 amide bonds. The maximum atomic E-state index is 12.9. The molecule has 0 saturated carbocycles. The number of carbonyl (C=O) groups excluding carboxylic acids is 1. The Morgan fingerprint density at radius 1 is 1.14 bits per heavy atom. The van der Waals surface area contributed by atoms with Gasteiger partial charge in [-0.1, -0.05) is 56.3 Å². The van der Waals surface area contributed by atoms with Crippen LogP contribution in [-0.4, -0.2) is 47.1 Å². The molecule has 0 atom stereocenters. The highest BCUT2D eigenvalue weighted by Gasteiger charge is 2.27. The van der Waals surface area contributed by atoms with Gasteiger partial charge < -0.3 is 20.3 Å². The quantitative estimate of drug-likeness (QED) is 0.670. The summed E-state index contributed by atoms with van der Waals surface area (Å²) in [5.74, 6) is 0.318. The largest absolute Gasteiger partial charge is 0.489 e. The summed E-state index contributed by atoms with van der Waals surface area (Å²) < 4.78 is 0. The van der Waals surface area contributed by atoms with Crippen molar-refractivity contribution < 1.29 is 14.8 Å². The number of carbonyl (C=O) groups is 1. The van der Waals surface area contributed by atoms with Gasteiger partial charge in [0.2, 0.25) is 0 Å². The lowest BCUT2D eigenvalue weighted by Gasteiger charge is -2.33. The van der Waals surface area contributed by atoms with Crippen molar-refractivity contribution in [3.63, 3.8) is 0 Å². The summed E-state index contributed by atoms with van der Waals surface area (Å²) in [5, 5.41) is 22.5. The summed E-state index contributed by atoms with van der Waals surface area (Å²) in [4.78, 5) is 14.7. The number of hydrogen-bond donors (Lipinski definition) is 3. The zero-order chi connectivity index (χ0) is 20.1. The van der Waals surface area contributed by atoms with E-state index in [2.05, 4.69) is 43.4 Å². The lowest BCUT2D eigenvalue weighted by atomic mass is 9.76. The fraction of sp³-hybridized carbons (Fsp3) is 0.409. The average Bonchev–Trinajstić information content (AvgIpc) is 2.72. The van der Waals surface area contributed by atoms with E-state index < -0.39 is 7.12 Å². The number of rotatable bonds is 6. The molecule has 0 bridgehead atoms. The normalized spacial score (nSPS) is 15.1. The summed E-state index contributed by atoms with van der Waals surface area (Å²) >= 11 is 0. The number of piperidine rings is 1. The highest BCUT2D eigenvalue weighted by molar-refractivity contribution is 6.60. The molecule has 0 unspecified atom stereocenters. The van der Waals surface area contributed by atoms with Gasteiger partial charge in [-0.3, -0.25) is 4.79 Å². The third-order valence-corrected chi connectivity index (χ3v) is 5.39. The minimum atomic E-state index is -1.64. The van der Waals surface area contributed by atoms with E-state index in [1.54, 1.807) is 24.3 Å². The molecule has 148 valence electrons. The molecule has 3 N–H and O–H groups in total. The molecule has 5 nitrogen and oxygen atoms in total. The summed E-state index contributed by atoms with van der Waals surface area (Å²) in [6.07, 6.45) is 1.83. The standard InChI is InChI=1S/C22H29BN2O3/c1-16(2)24-15-17-6-5-7-19(14-17)18-10-12-25(13-11-18)22(26)20-8-3-4-9-21(20)23(27)28/h3-9,14,16,18,24,27-28H,10-13,15H2,1-2H3. The van der Waals surface area contributed by atoms with E-state index in [1.807, 2.05) is 4.90 Å². The van der Waals surface area contributed by atoms with Crippen molar-refractivity contribution in [3.8, 4) is 0 Å². The van der Waals surface area contributed by atoms with Crippen molar-refractivity contribution in [3.05, 3.63) is 65.2 Å². The highest BCUT2D eigenvalue weighted by atomic mass is 16.4. The van der Waals surface area contributed by atoms with Gasteiger partial charge in [-0.15, -0.1) is 0 Å². The van der Waals surface area contributed by atoms with E-state index in [0.717, 1.165) is 19.4 Å². The molecule has 1 saturated heterocycles. The molecule has 0 aliphatic carbocycles. The Bertz CT molecular complexity index is 802. The molecule has 28 heavy (non-hydrogen) atoms. The predicted octanol–water partition coefficient (Wildman–Crippen LogP) is 1.88. The van der Waals surface area contributed by atoms with Gasteiger partial charge in [0.15, 0.2) is 0 Å². The molecular weight excluding hydrogens is 351 g/mol. The average molecular weight is 380 g/mol. The number of hydrogen-bond acceptors (Lipinski definition) is 4. The van der Waals surface area contributed by atoms with E-state index in [4.69, 9.17) is 0 Å². The second-order valence-corrected chi connectivity index (χ2v) is 7.81. The van der Waals surface area contributed by atoms with Crippen molar-refractivity contribution in [2.45, 2.75) is 45.2 Å². The van der Waals surface area contributed by atoms with Crippen LogP contribution in [0, 0.1) is 0 Å². The Kier molecular flexibility index (Phi) is 6.89. The number of nitrogens with zero attached hydrogens (tertiary/aromatic N) is 1. The molecule has 1 aliphatic rings. The van der Waals surface area contributed by atoms with Gasteiger partial charge in [0.25, 0.3) is 5.91 Å². The third-order valence-electron chi connectivity index (χ3n) is 5.39. The zero-order valence-electron chi connectivity index (χ0n) is 16.6. The lowest BCUT2D eigenvalue weighted by Crippen LogP contribution is -2.43. The molecule has 0 spiro atoms. The number of amides is 1. The smallest absolute Gasteiger partial charge is 0.423 e. The molecular formula is C22H29BN2O3. The van der Waals surface area contributed by atoms with Gasteiger partial charge in [0, 0.05) is 31.2 Å². The van der Waals surface area contributed by atoms with Crippen molar-refractivity contribution in [1.29, 1.82) is 0 Å². The van der Waals surface area contributed by atoms with Crippen LogP contribution < -0.4 is 10.8 Å². The van der Waals surface area contributed by atoms with E-state index in [1.165, 1.54) is 11.1 Å². The summed E-state index contributed by atoms with van der Waals surface area (Å²) in [7, 11) is -1.64. The fourth-order valence-electron chi connectivity index (χ4n) is 3.78.